The third-order valence-electron chi connectivity index (χ3n) is 0.357. The fourth-order valence-corrected chi connectivity index (χ4v) is 0. The highest BCUT2D eigenvalue weighted by atomic mass is 19.0. The first-order chi connectivity index (χ1) is 2.64. The van der Waals surface area contributed by atoms with Crippen molar-refractivity contribution in [3.05, 3.63) is 0 Å². The van der Waals surface area contributed by atoms with Crippen LogP contribution in [0.5, 0.6) is 0 Å². The summed E-state index contributed by atoms with van der Waals surface area (Å²) in [5.41, 5.74) is 0. The third-order valence-corrected chi connectivity index (χ3v) is 0.357. The van der Waals surface area contributed by atoms with Gasteiger partial charge in [-0.2, -0.15) is 0 Å². The monoisotopic (exact) mass is 110 g/mol. The minimum Gasteiger partial charge on any atom is -0.479 e. The first-order valence-electron chi connectivity index (χ1n) is 1.55. The van der Waals surface area contributed by atoms with Crippen LogP contribution in [0.4, 0.5) is 4.70 Å². The van der Waals surface area contributed by atoms with Crippen LogP contribution in [0.2, 0.25) is 0 Å². The largest absolute Gasteiger partial charge is 0.479 e. The molecule has 1 unspecified atom stereocenters. The van der Waals surface area contributed by atoms with Crippen LogP contribution in [0.3, 0.4) is 0 Å². The molecule has 4 heteroatoms. The van der Waals surface area contributed by atoms with Gasteiger partial charge in [-0.1, -0.05) is 0 Å². The number of hydrogen-bond acceptors (Lipinski definition) is 2. The van der Waals surface area contributed by atoms with Gasteiger partial charge in [-0.25, -0.2) is 4.79 Å². The van der Waals surface area contributed by atoms with E-state index < -0.39 is 12.1 Å². The third kappa shape index (κ3) is 5.36. The van der Waals surface area contributed by atoms with Crippen LogP contribution in [0.1, 0.15) is 6.92 Å². The lowest BCUT2D eigenvalue weighted by atomic mass is 10.4. The number of carboxylic acids is 1. The zero-order valence-electron chi connectivity index (χ0n) is 3.79. The van der Waals surface area contributed by atoms with Crippen molar-refractivity contribution >= 4 is 5.97 Å². The van der Waals surface area contributed by atoms with Crippen LogP contribution >= 0.6 is 0 Å². The Morgan fingerprint density at radius 3 is 1.86 bits per heavy atom. The molecule has 0 bridgehead atoms. The molecule has 7 heavy (non-hydrogen) atoms. The fraction of sp³-hybridized carbons (Fsp3) is 0.667. The lowest BCUT2D eigenvalue weighted by Crippen LogP contribution is -2.13. The lowest BCUT2D eigenvalue weighted by molar-refractivity contribution is -0.145. The van der Waals surface area contributed by atoms with E-state index in [1.807, 2.05) is 0 Å². The van der Waals surface area contributed by atoms with Crippen LogP contribution in [0.15, 0.2) is 0 Å². The van der Waals surface area contributed by atoms with E-state index in [1.165, 1.54) is 6.92 Å². The molecule has 0 aromatic carbocycles. The van der Waals surface area contributed by atoms with Gasteiger partial charge in [0.05, 0.1) is 0 Å². The molecule has 0 aliphatic heterocycles. The van der Waals surface area contributed by atoms with E-state index in [1.54, 1.807) is 0 Å². The maximum Gasteiger partial charge on any atom is 0.332 e. The highest BCUT2D eigenvalue weighted by molar-refractivity contribution is 5.71. The second-order valence-corrected chi connectivity index (χ2v) is 1.01. The number of rotatable bonds is 1. The smallest absolute Gasteiger partial charge is 0.332 e. The molecule has 0 fully saturated rings. The van der Waals surface area contributed by atoms with Crippen molar-refractivity contribution in [2.45, 2.75) is 13.0 Å². The van der Waals surface area contributed by atoms with Crippen molar-refractivity contribution in [3.63, 3.8) is 0 Å². The Morgan fingerprint density at radius 1 is 1.71 bits per heavy atom. The molecule has 0 aromatic heterocycles. The van der Waals surface area contributed by atoms with Crippen molar-refractivity contribution in [2.24, 2.45) is 0 Å². The summed E-state index contributed by atoms with van der Waals surface area (Å²) in [7, 11) is 0. The Labute approximate surface area is 39.9 Å². The zero-order chi connectivity index (χ0) is 5.15. The summed E-state index contributed by atoms with van der Waals surface area (Å²) < 4.78 is 0. The minimum atomic E-state index is -1.23. The number of carboxylic acid groups (broad SMARTS) is 1. The van der Waals surface area contributed by atoms with Crippen molar-refractivity contribution in [1.82, 2.24) is 0 Å². The Kier molecular flexibility index (Phi) is 4.87. The molecule has 44 valence electrons. The van der Waals surface area contributed by atoms with Crippen LogP contribution < -0.4 is 0 Å². The summed E-state index contributed by atoms with van der Waals surface area (Å²) >= 11 is 0. The molecule has 0 aromatic rings. The molecule has 0 saturated carbocycles. The standard InChI is InChI=1S/C3H6O3.FH/c1-2(4)3(5)6;/h2,4H,1H3,(H,5,6);1H. The normalized spacial score (nSPS) is 11.7. The van der Waals surface area contributed by atoms with Gasteiger partial charge in [-0.05, 0) is 6.92 Å². The lowest BCUT2D eigenvalue weighted by Gasteiger charge is -1.89. The molecule has 0 amide bonds. The molecule has 2 N–H and O–H groups in total. The van der Waals surface area contributed by atoms with E-state index in [0.717, 1.165) is 0 Å². The highest BCUT2D eigenvalue weighted by Gasteiger charge is 2.01. The topological polar surface area (TPSA) is 57.5 Å². The molecule has 0 aliphatic rings. The predicted octanol–water partition coefficient (Wildman–Crippen LogP) is -0.396. The quantitative estimate of drug-likeness (QED) is 0.483. The molecule has 0 spiro atoms. The van der Waals surface area contributed by atoms with E-state index in [2.05, 4.69) is 0 Å². The number of aliphatic hydroxyl groups excluding tert-OH is 1. The summed E-state index contributed by atoms with van der Waals surface area (Å²) in [5, 5.41) is 15.8. The number of hydrogen-bond donors (Lipinski definition) is 2. The summed E-state index contributed by atoms with van der Waals surface area (Å²) in [6.07, 6.45) is -1.23. The summed E-state index contributed by atoms with van der Waals surface area (Å²) in [6.45, 7) is 1.20. The Bertz CT molecular complexity index is 61.2. The molecule has 1 atom stereocenters. The van der Waals surface area contributed by atoms with Gasteiger partial charge in [0.25, 0.3) is 0 Å². The fourth-order valence-electron chi connectivity index (χ4n) is 0. The van der Waals surface area contributed by atoms with Crippen LogP contribution in [-0.2, 0) is 4.79 Å². The number of aliphatic hydroxyl groups is 1. The summed E-state index contributed by atoms with van der Waals surface area (Å²) in [4.78, 5) is 9.45. The summed E-state index contributed by atoms with van der Waals surface area (Å²) in [5.74, 6) is -1.19. The Hall–Kier alpha value is -0.640. The van der Waals surface area contributed by atoms with Gasteiger partial charge < -0.3 is 10.2 Å². The van der Waals surface area contributed by atoms with E-state index >= 15 is 0 Å². The second kappa shape index (κ2) is 3.55. The zero-order valence-corrected chi connectivity index (χ0v) is 3.79. The number of carbonyl (C=O) groups is 1. The van der Waals surface area contributed by atoms with Crippen molar-refractivity contribution in [2.75, 3.05) is 0 Å². The van der Waals surface area contributed by atoms with E-state index in [-0.39, 0.29) is 4.70 Å². The molecule has 0 radical (unpaired) electrons. The first-order valence-corrected chi connectivity index (χ1v) is 1.55. The van der Waals surface area contributed by atoms with Gasteiger partial charge in [0.1, 0.15) is 6.10 Å². The molecular formula is C3H7FO3. The molecule has 3 nitrogen and oxygen atoms in total. The van der Waals surface area contributed by atoms with Gasteiger partial charge in [-0.3, -0.25) is 4.70 Å². The molecule has 0 heterocycles. The Morgan fingerprint density at radius 2 is 1.86 bits per heavy atom. The minimum absolute atomic E-state index is 0. The maximum absolute atomic E-state index is 9.45. The van der Waals surface area contributed by atoms with Crippen LogP contribution in [-0.4, -0.2) is 22.3 Å². The van der Waals surface area contributed by atoms with Crippen LogP contribution in [0.25, 0.3) is 0 Å². The SMILES string of the molecule is CC(O)C(=O)O.F. The summed E-state index contributed by atoms with van der Waals surface area (Å²) in [6, 6.07) is 0. The predicted molar refractivity (Wildman–Crippen MR) is 21.8 cm³/mol. The van der Waals surface area contributed by atoms with Gasteiger partial charge in [0, 0.05) is 0 Å². The van der Waals surface area contributed by atoms with Crippen molar-refractivity contribution in [3.8, 4) is 0 Å². The van der Waals surface area contributed by atoms with Gasteiger partial charge in [-0.15, -0.1) is 0 Å². The first kappa shape index (κ1) is 9.61. The average Bonchev–Trinajstić information content (AvgIpc) is 1.36. The second-order valence-electron chi connectivity index (χ2n) is 1.01. The van der Waals surface area contributed by atoms with E-state index in [4.69, 9.17) is 10.2 Å². The average molecular weight is 110 g/mol. The van der Waals surface area contributed by atoms with Gasteiger partial charge in [0.15, 0.2) is 0 Å². The molecule has 0 rings (SSSR count). The van der Waals surface area contributed by atoms with Gasteiger partial charge in [0.2, 0.25) is 0 Å². The van der Waals surface area contributed by atoms with Gasteiger partial charge >= 0.3 is 5.97 Å². The van der Waals surface area contributed by atoms with Crippen molar-refractivity contribution in [1.29, 1.82) is 0 Å². The molecule has 0 aliphatic carbocycles. The van der Waals surface area contributed by atoms with E-state index in [0.29, 0.717) is 0 Å². The maximum atomic E-state index is 9.45. The number of halogens is 1. The molecule has 0 saturated heterocycles. The highest BCUT2D eigenvalue weighted by Crippen LogP contribution is 1.73. The van der Waals surface area contributed by atoms with Crippen molar-refractivity contribution < 1.29 is 19.7 Å². The van der Waals surface area contributed by atoms with E-state index in [9.17, 15) is 4.79 Å². The van der Waals surface area contributed by atoms with Crippen LogP contribution in [0, 0.1) is 0 Å². The number of aliphatic carboxylic acids is 1. The molecular weight excluding hydrogens is 103 g/mol. The Balaban J connectivity index is 0.